The summed E-state index contributed by atoms with van der Waals surface area (Å²) in [6, 6.07) is 0.298. The van der Waals surface area contributed by atoms with E-state index in [1.165, 1.54) is 12.6 Å². The molecule has 1 aliphatic heterocycles. The summed E-state index contributed by atoms with van der Waals surface area (Å²) in [4.78, 5) is 14.2. The molecular formula is C11H16ClN3O. The van der Waals surface area contributed by atoms with Crippen LogP contribution in [0.4, 0.5) is 0 Å². The Morgan fingerprint density at radius 3 is 2.88 bits per heavy atom. The van der Waals surface area contributed by atoms with Crippen molar-refractivity contribution < 1.29 is 4.79 Å². The average Bonchev–Trinajstić information content (AvgIpc) is 2.58. The van der Waals surface area contributed by atoms with E-state index in [9.17, 15) is 4.79 Å². The monoisotopic (exact) mass is 241 g/mol. The molecule has 16 heavy (non-hydrogen) atoms. The van der Waals surface area contributed by atoms with E-state index in [4.69, 9.17) is 11.6 Å². The molecule has 0 aliphatic carbocycles. The molecule has 0 unspecified atom stereocenters. The van der Waals surface area contributed by atoms with E-state index in [1.54, 1.807) is 11.7 Å². The summed E-state index contributed by atoms with van der Waals surface area (Å²) in [5, 5.41) is 4.43. The van der Waals surface area contributed by atoms with E-state index >= 15 is 0 Å². The number of nitrogens with zero attached hydrogens (tertiary/aromatic N) is 3. The van der Waals surface area contributed by atoms with Crippen molar-refractivity contribution in [2.24, 2.45) is 7.05 Å². The molecule has 88 valence electrons. The lowest BCUT2D eigenvalue weighted by atomic mass is 10.0. The third kappa shape index (κ3) is 1.94. The van der Waals surface area contributed by atoms with Crippen molar-refractivity contribution in [1.29, 1.82) is 0 Å². The van der Waals surface area contributed by atoms with Crippen LogP contribution in [-0.2, 0) is 7.05 Å². The number of hydrogen-bond acceptors (Lipinski definition) is 2. The van der Waals surface area contributed by atoms with Crippen LogP contribution < -0.4 is 0 Å². The molecule has 2 heterocycles. The number of aryl methyl sites for hydroxylation is 1. The summed E-state index contributed by atoms with van der Waals surface area (Å²) in [6.07, 6.45) is 4.86. The van der Waals surface area contributed by atoms with Crippen LogP contribution in [0.3, 0.4) is 0 Å². The van der Waals surface area contributed by atoms with Gasteiger partial charge in [0.2, 0.25) is 0 Å². The molecule has 0 aromatic carbocycles. The zero-order valence-corrected chi connectivity index (χ0v) is 10.4. The first-order valence-electron chi connectivity index (χ1n) is 5.59. The Balaban J connectivity index is 2.24. The van der Waals surface area contributed by atoms with Gasteiger partial charge in [0.05, 0.1) is 11.2 Å². The first-order chi connectivity index (χ1) is 7.61. The van der Waals surface area contributed by atoms with Gasteiger partial charge in [0.1, 0.15) is 5.69 Å². The fraction of sp³-hybridized carbons (Fsp3) is 0.636. The van der Waals surface area contributed by atoms with Crippen LogP contribution in [-0.4, -0.2) is 33.2 Å². The lowest BCUT2D eigenvalue weighted by Gasteiger charge is -2.33. The fourth-order valence-electron chi connectivity index (χ4n) is 2.19. The molecule has 0 saturated carbocycles. The van der Waals surface area contributed by atoms with E-state index in [-0.39, 0.29) is 5.91 Å². The van der Waals surface area contributed by atoms with Crippen molar-refractivity contribution in [2.75, 3.05) is 6.54 Å². The Kier molecular flexibility index (Phi) is 3.19. The van der Waals surface area contributed by atoms with Gasteiger partial charge in [0.15, 0.2) is 0 Å². The Bertz CT molecular complexity index is 382. The number of halogens is 1. The maximum atomic E-state index is 12.3. The summed E-state index contributed by atoms with van der Waals surface area (Å²) < 4.78 is 1.55. The van der Waals surface area contributed by atoms with Crippen LogP contribution in [0.25, 0.3) is 0 Å². The highest BCUT2D eigenvalue weighted by Crippen LogP contribution is 2.22. The SMILES string of the molecule is C[C@H]1CCCCN1C(=O)c1c(Cl)cnn1C. The highest BCUT2D eigenvalue weighted by Gasteiger charge is 2.27. The maximum absolute atomic E-state index is 12.3. The molecule has 5 heteroatoms. The molecule has 1 atom stereocenters. The first kappa shape index (κ1) is 11.5. The van der Waals surface area contributed by atoms with E-state index in [2.05, 4.69) is 12.0 Å². The molecule has 2 rings (SSSR count). The van der Waals surface area contributed by atoms with E-state index in [0.29, 0.717) is 16.8 Å². The van der Waals surface area contributed by atoms with E-state index < -0.39 is 0 Å². The van der Waals surface area contributed by atoms with E-state index in [0.717, 1.165) is 19.4 Å². The lowest BCUT2D eigenvalue weighted by Crippen LogP contribution is -2.42. The largest absolute Gasteiger partial charge is 0.335 e. The maximum Gasteiger partial charge on any atom is 0.273 e. The van der Waals surface area contributed by atoms with Crippen LogP contribution in [0.5, 0.6) is 0 Å². The van der Waals surface area contributed by atoms with Crippen molar-refractivity contribution >= 4 is 17.5 Å². The summed E-state index contributed by atoms with van der Waals surface area (Å²) in [5.41, 5.74) is 0.496. The molecule has 1 aliphatic rings. The predicted octanol–water partition coefficient (Wildman–Crippen LogP) is 2.09. The van der Waals surface area contributed by atoms with E-state index in [1.807, 2.05) is 4.90 Å². The molecule has 4 nitrogen and oxygen atoms in total. The highest BCUT2D eigenvalue weighted by atomic mass is 35.5. The van der Waals surface area contributed by atoms with Gasteiger partial charge >= 0.3 is 0 Å². The van der Waals surface area contributed by atoms with Gasteiger partial charge in [-0.3, -0.25) is 9.48 Å². The smallest absolute Gasteiger partial charge is 0.273 e. The quantitative estimate of drug-likeness (QED) is 0.755. The van der Waals surface area contributed by atoms with Gasteiger partial charge in [0.25, 0.3) is 5.91 Å². The van der Waals surface area contributed by atoms with Gasteiger partial charge in [-0.1, -0.05) is 11.6 Å². The molecule has 1 aromatic heterocycles. The minimum atomic E-state index is -0.00259. The zero-order valence-electron chi connectivity index (χ0n) is 9.61. The van der Waals surface area contributed by atoms with Gasteiger partial charge in [-0.05, 0) is 26.2 Å². The van der Waals surface area contributed by atoms with Crippen molar-refractivity contribution in [3.63, 3.8) is 0 Å². The van der Waals surface area contributed by atoms with Crippen LogP contribution >= 0.6 is 11.6 Å². The molecule has 1 amide bonds. The van der Waals surface area contributed by atoms with Crippen LogP contribution in [0.1, 0.15) is 36.7 Å². The summed E-state index contributed by atoms with van der Waals surface area (Å²) in [6.45, 7) is 2.91. The second-order valence-corrected chi connectivity index (χ2v) is 4.72. The Hall–Kier alpha value is -1.03. The molecule has 0 N–H and O–H groups in total. The second-order valence-electron chi connectivity index (χ2n) is 4.31. The number of rotatable bonds is 1. The number of amides is 1. The molecule has 1 saturated heterocycles. The minimum absolute atomic E-state index is 0.00259. The second kappa shape index (κ2) is 4.45. The number of aromatic nitrogens is 2. The minimum Gasteiger partial charge on any atom is -0.335 e. The molecule has 0 radical (unpaired) electrons. The molecule has 1 fully saturated rings. The fourth-order valence-corrected chi connectivity index (χ4v) is 2.43. The third-order valence-electron chi connectivity index (χ3n) is 3.16. The molecular weight excluding hydrogens is 226 g/mol. The van der Waals surface area contributed by atoms with Gasteiger partial charge < -0.3 is 4.90 Å². The third-order valence-corrected chi connectivity index (χ3v) is 3.44. The Labute approximate surface area is 100 Å². The summed E-state index contributed by atoms with van der Waals surface area (Å²) >= 11 is 5.98. The number of carbonyl (C=O) groups is 1. The Morgan fingerprint density at radius 2 is 2.31 bits per heavy atom. The van der Waals surface area contributed by atoms with Crippen molar-refractivity contribution in [3.8, 4) is 0 Å². The summed E-state index contributed by atoms with van der Waals surface area (Å²) in [5.74, 6) is -0.00259. The number of likely N-dealkylation sites (tertiary alicyclic amines) is 1. The lowest BCUT2D eigenvalue weighted by molar-refractivity contribution is 0.0624. The summed E-state index contributed by atoms with van der Waals surface area (Å²) in [7, 11) is 1.74. The molecule has 0 bridgehead atoms. The average molecular weight is 242 g/mol. The van der Waals surface area contributed by atoms with Crippen molar-refractivity contribution in [1.82, 2.24) is 14.7 Å². The number of carbonyl (C=O) groups excluding carboxylic acids is 1. The van der Waals surface area contributed by atoms with Crippen molar-refractivity contribution in [2.45, 2.75) is 32.2 Å². The molecule has 0 spiro atoms. The standard InChI is InChI=1S/C11H16ClN3O/c1-8-5-3-4-6-15(8)11(16)10-9(12)7-13-14(10)2/h7-8H,3-6H2,1-2H3/t8-/m0/s1. The zero-order chi connectivity index (χ0) is 11.7. The topological polar surface area (TPSA) is 38.1 Å². The van der Waals surface area contributed by atoms with Gasteiger partial charge in [-0.2, -0.15) is 5.10 Å². The van der Waals surface area contributed by atoms with Crippen LogP contribution in [0.15, 0.2) is 6.20 Å². The van der Waals surface area contributed by atoms with Crippen molar-refractivity contribution in [3.05, 3.63) is 16.9 Å². The van der Waals surface area contributed by atoms with Gasteiger partial charge in [-0.15, -0.1) is 0 Å². The van der Waals surface area contributed by atoms with Gasteiger partial charge in [-0.25, -0.2) is 0 Å². The predicted molar refractivity (Wildman–Crippen MR) is 62.6 cm³/mol. The number of hydrogen-bond donors (Lipinski definition) is 0. The molecule has 1 aromatic rings. The first-order valence-corrected chi connectivity index (χ1v) is 5.97. The van der Waals surface area contributed by atoms with Crippen LogP contribution in [0, 0.1) is 0 Å². The normalized spacial score (nSPS) is 21.2. The highest BCUT2D eigenvalue weighted by molar-refractivity contribution is 6.33. The van der Waals surface area contributed by atoms with Gasteiger partial charge in [0, 0.05) is 19.6 Å². The number of piperidine rings is 1. The Morgan fingerprint density at radius 1 is 1.56 bits per heavy atom. The van der Waals surface area contributed by atoms with Crippen LogP contribution in [0.2, 0.25) is 5.02 Å².